The first-order valence-corrected chi connectivity index (χ1v) is 11.5. The molecule has 4 fully saturated rings. The Hall–Kier alpha value is -3.41. The first-order valence-electron chi connectivity index (χ1n) is 11.5. The molecule has 9 nitrogen and oxygen atoms in total. The Morgan fingerprint density at radius 3 is 2.67 bits per heavy atom. The second kappa shape index (κ2) is 7.87. The Morgan fingerprint density at radius 1 is 1.27 bits per heavy atom. The van der Waals surface area contributed by atoms with E-state index in [1.807, 2.05) is 12.1 Å². The molecule has 1 atom stereocenters. The molecule has 1 aromatic carbocycles. The molecule has 0 spiro atoms. The molecule has 172 valence electrons. The summed E-state index contributed by atoms with van der Waals surface area (Å²) in [5, 5.41) is 20.4. The second-order valence-corrected chi connectivity index (χ2v) is 9.67. The minimum absolute atomic E-state index is 0.122. The highest BCUT2D eigenvalue weighted by molar-refractivity contribution is 6.03. The minimum atomic E-state index is -0.498. The number of nitrogens with one attached hydrogen (secondary N) is 2. The van der Waals surface area contributed by atoms with Gasteiger partial charge in [0.25, 0.3) is 5.91 Å². The molecule has 3 saturated carbocycles. The highest BCUT2D eigenvalue weighted by atomic mass is 16.5. The van der Waals surface area contributed by atoms with Crippen molar-refractivity contribution in [2.75, 3.05) is 6.61 Å². The fourth-order valence-electron chi connectivity index (χ4n) is 5.67. The largest absolute Gasteiger partial charge is 0.482 e. The number of fused-ring (bicyclic) bond motifs is 4. The molecule has 1 saturated heterocycles. The van der Waals surface area contributed by atoms with Gasteiger partial charge in [-0.3, -0.25) is 24.4 Å². The number of piperidine rings is 1. The first-order chi connectivity index (χ1) is 15.8. The van der Waals surface area contributed by atoms with Crippen LogP contribution in [0.5, 0.6) is 5.75 Å². The van der Waals surface area contributed by atoms with Crippen LogP contribution in [0.2, 0.25) is 0 Å². The van der Waals surface area contributed by atoms with Gasteiger partial charge in [-0.2, -0.15) is 10.4 Å². The molecule has 2 N–H and O–H groups in total. The van der Waals surface area contributed by atoms with Crippen molar-refractivity contribution in [1.29, 1.82) is 5.26 Å². The van der Waals surface area contributed by atoms with E-state index in [0.717, 1.165) is 43.9 Å². The number of carbonyl (C=O) groups excluding carboxylic acids is 3. The van der Waals surface area contributed by atoms with Crippen LogP contribution in [0.25, 0.3) is 10.9 Å². The average molecular weight is 450 g/mol. The third-order valence-corrected chi connectivity index (χ3v) is 7.67. The van der Waals surface area contributed by atoms with Gasteiger partial charge in [0.05, 0.1) is 23.1 Å². The van der Waals surface area contributed by atoms with Gasteiger partial charge in [0, 0.05) is 24.4 Å². The summed E-state index contributed by atoms with van der Waals surface area (Å²) in [6.07, 6.45) is 5.70. The second-order valence-electron chi connectivity index (χ2n) is 9.67. The summed E-state index contributed by atoms with van der Waals surface area (Å²) >= 11 is 0. The topological polar surface area (TPSA) is 126 Å². The molecule has 0 radical (unpaired) electrons. The van der Waals surface area contributed by atoms with Crippen LogP contribution in [-0.2, 0) is 21.4 Å². The summed E-state index contributed by atoms with van der Waals surface area (Å²) in [6.45, 7) is -0.122. The monoisotopic (exact) mass is 449 g/mol. The number of nitrogens with zero attached hydrogens (tertiary/aromatic N) is 3. The van der Waals surface area contributed by atoms with E-state index in [2.05, 4.69) is 21.8 Å². The zero-order valence-electron chi connectivity index (χ0n) is 18.6. The number of benzene rings is 1. The van der Waals surface area contributed by atoms with Crippen LogP contribution in [0.4, 0.5) is 0 Å². The summed E-state index contributed by atoms with van der Waals surface area (Å²) in [7, 11) is 1.77. The molecule has 1 unspecified atom stereocenters. The summed E-state index contributed by atoms with van der Waals surface area (Å²) in [4.78, 5) is 36.6. The van der Waals surface area contributed by atoms with Crippen LogP contribution in [-0.4, -0.2) is 39.6 Å². The molecule has 4 aliphatic rings. The lowest BCUT2D eigenvalue weighted by Gasteiger charge is -2.50. The van der Waals surface area contributed by atoms with Gasteiger partial charge >= 0.3 is 0 Å². The number of nitriles is 1. The summed E-state index contributed by atoms with van der Waals surface area (Å²) in [5.74, 6) is -0.755. The van der Waals surface area contributed by atoms with E-state index in [0.29, 0.717) is 23.4 Å². The molecular weight excluding hydrogens is 422 g/mol. The molecule has 3 aliphatic carbocycles. The molecule has 9 heteroatoms. The van der Waals surface area contributed by atoms with Gasteiger partial charge < -0.3 is 10.1 Å². The lowest BCUT2D eigenvalue weighted by atomic mass is 9.58. The Bertz CT molecular complexity index is 1170. The zero-order valence-corrected chi connectivity index (χ0v) is 18.6. The molecule has 2 aromatic rings. The molecular formula is C24H27N5O4. The lowest BCUT2D eigenvalue weighted by molar-refractivity contribution is -0.134. The van der Waals surface area contributed by atoms with E-state index in [-0.39, 0.29) is 41.7 Å². The number of imide groups is 1. The van der Waals surface area contributed by atoms with Crippen LogP contribution in [0, 0.1) is 16.7 Å². The molecule has 1 aromatic heterocycles. The third-order valence-electron chi connectivity index (χ3n) is 7.67. The van der Waals surface area contributed by atoms with Crippen molar-refractivity contribution in [3.05, 3.63) is 23.9 Å². The van der Waals surface area contributed by atoms with Crippen LogP contribution >= 0.6 is 0 Å². The maximum absolute atomic E-state index is 12.8. The van der Waals surface area contributed by atoms with Crippen LogP contribution in [0.15, 0.2) is 18.2 Å². The predicted molar refractivity (Wildman–Crippen MR) is 118 cm³/mol. The smallest absolute Gasteiger partial charge is 0.258 e. The van der Waals surface area contributed by atoms with Gasteiger partial charge in [-0.05, 0) is 51.0 Å². The number of ether oxygens (including phenoxy) is 1. The molecule has 3 amide bonds. The number of hydrogen-bond acceptors (Lipinski definition) is 6. The van der Waals surface area contributed by atoms with Crippen molar-refractivity contribution in [3.8, 4) is 11.8 Å². The SMILES string of the molecule is Cn1nc(C2CCC(=O)NC2=O)c2cccc(OCC(=O)NC34CCC(C#N)(CC3)CC4)c21. The normalized spacial score (nSPS) is 28.9. The molecule has 1 aliphatic heterocycles. The Morgan fingerprint density at radius 2 is 2.00 bits per heavy atom. The van der Waals surface area contributed by atoms with E-state index in [9.17, 15) is 19.6 Å². The van der Waals surface area contributed by atoms with Crippen LogP contribution in [0.3, 0.4) is 0 Å². The fourth-order valence-corrected chi connectivity index (χ4v) is 5.67. The standard InChI is InChI=1S/C24H27N5O4/c1-29-21-15(20(28-29)16-5-6-18(30)26-22(16)32)3-2-4-17(21)33-13-19(31)27-24-10-7-23(14-25,8-11-24)9-12-24/h2-4,16H,5-13H2,1H3,(H,27,31)(H,26,30,32). The number of amides is 3. The Labute approximate surface area is 191 Å². The van der Waals surface area contributed by atoms with Crippen molar-refractivity contribution < 1.29 is 19.1 Å². The van der Waals surface area contributed by atoms with Crippen molar-refractivity contribution in [3.63, 3.8) is 0 Å². The van der Waals surface area contributed by atoms with Crippen molar-refractivity contribution in [2.24, 2.45) is 12.5 Å². The molecule has 6 rings (SSSR count). The van der Waals surface area contributed by atoms with Gasteiger partial charge in [0.15, 0.2) is 6.61 Å². The average Bonchev–Trinajstić information content (AvgIpc) is 3.15. The zero-order chi connectivity index (χ0) is 23.2. The van der Waals surface area contributed by atoms with Crippen molar-refractivity contribution in [1.82, 2.24) is 20.4 Å². The minimum Gasteiger partial charge on any atom is -0.482 e. The number of carbonyl (C=O) groups is 3. The number of rotatable bonds is 5. The third kappa shape index (κ3) is 3.73. The summed E-state index contributed by atoms with van der Waals surface area (Å²) < 4.78 is 7.57. The summed E-state index contributed by atoms with van der Waals surface area (Å²) in [6, 6.07) is 7.96. The van der Waals surface area contributed by atoms with Crippen LogP contribution in [0.1, 0.15) is 63.0 Å². The van der Waals surface area contributed by atoms with E-state index in [1.165, 1.54) is 0 Å². The fraction of sp³-hybridized carbons (Fsp3) is 0.542. The van der Waals surface area contributed by atoms with Crippen LogP contribution < -0.4 is 15.4 Å². The van der Waals surface area contributed by atoms with Gasteiger partial charge in [-0.25, -0.2) is 0 Å². The molecule has 2 bridgehead atoms. The van der Waals surface area contributed by atoms with E-state index >= 15 is 0 Å². The number of aryl methyl sites for hydroxylation is 1. The van der Waals surface area contributed by atoms with E-state index < -0.39 is 5.92 Å². The van der Waals surface area contributed by atoms with Gasteiger partial charge in [0.1, 0.15) is 11.3 Å². The van der Waals surface area contributed by atoms with E-state index in [4.69, 9.17) is 4.74 Å². The maximum atomic E-state index is 12.8. The highest BCUT2D eigenvalue weighted by Gasteiger charge is 2.49. The lowest BCUT2D eigenvalue weighted by Crippen LogP contribution is -2.57. The number of hydrogen-bond donors (Lipinski definition) is 2. The highest BCUT2D eigenvalue weighted by Crippen LogP contribution is 2.51. The quantitative estimate of drug-likeness (QED) is 0.674. The van der Waals surface area contributed by atoms with Gasteiger partial charge in [-0.15, -0.1) is 0 Å². The maximum Gasteiger partial charge on any atom is 0.258 e. The van der Waals surface area contributed by atoms with Gasteiger partial charge in [0.2, 0.25) is 11.8 Å². The van der Waals surface area contributed by atoms with Gasteiger partial charge in [-0.1, -0.05) is 12.1 Å². The van der Waals surface area contributed by atoms with E-state index in [1.54, 1.807) is 17.8 Å². The Kier molecular flexibility index (Phi) is 5.11. The number of aromatic nitrogens is 2. The van der Waals surface area contributed by atoms with Crippen molar-refractivity contribution in [2.45, 2.75) is 62.8 Å². The Balaban J connectivity index is 1.30. The first kappa shape index (κ1) is 21.4. The molecule has 2 heterocycles. The predicted octanol–water partition coefficient (Wildman–Crippen LogP) is 2.21. The number of para-hydroxylation sites is 1. The summed E-state index contributed by atoms with van der Waals surface area (Å²) in [5.41, 5.74) is 0.892. The molecule has 33 heavy (non-hydrogen) atoms. The van der Waals surface area contributed by atoms with Crippen molar-refractivity contribution >= 4 is 28.6 Å².